The molecule has 8 nitrogen and oxygen atoms in total. The summed E-state index contributed by atoms with van der Waals surface area (Å²) >= 11 is 0. The maximum absolute atomic E-state index is 11.8. The number of nitrogens with one attached hydrogen (secondary N) is 2. The standard InChI is InChI=1S/C16H21N3O5/c1-16(2,3)24-15(21)18-11(9-20)7-10-8-17-12-5-4-6-13(14(10)12)19(22)23/h4-6,8,11,17,20H,7,9H2,1-3H3,(H,18,21)/t11-/m0/s1. The number of alkyl carbamates (subject to hydrolysis) is 1. The van der Waals surface area contributed by atoms with Crippen LogP contribution in [0.2, 0.25) is 0 Å². The van der Waals surface area contributed by atoms with Crippen LogP contribution >= 0.6 is 0 Å². The van der Waals surface area contributed by atoms with Gasteiger partial charge in [-0.1, -0.05) is 6.07 Å². The number of aliphatic hydroxyl groups is 1. The number of carbonyl (C=O) groups is 1. The lowest BCUT2D eigenvalue weighted by molar-refractivity contribution is -0.383. The molecular formula is C16H21N3O5. The quantitative estimate of drug-likeness (QED) is 0.573. The van der Waals surface area contributed by atoms with Gasteiger partial charge in [-0.25, -0.2) is 4.79 Å². The summed E-state index contributed by atoms with van der Waals surface area (Å²) in [6.45, 7) is 4.91. The minimum absolute atomic E-state index is 0.0160. The summed E-state index contributed by atoms with van der Waals surface area (Å²) in [6, 6.07) is 4.15. The summed E-state index contributed by atoms with van der Waals surface area (Å²) in [4.78, 5) is 25.6. The highest BCUT2D eigenvalue weighted by Gasteiger charge is 2.22. The summed E-state index contributed by atoms with van der Waals surface area (Å²) < 4.78 is 5.16. The lowest BCUT2D eigenvalue weighted by atomic mass is 10.0. The normalized spacial score (nSPS) is 12.8. The number of aromatic nitrogens is 1. The van der Waals surface area contributed by atoms with Crippen molar-refractivity contribution in [1.82, 2.24) is 10.3 Å². The molecule has 1 amide bonds. The number of hydrogen-bond donors (Lipinski definition) is 3. The van der Waals surface area contributed by atoms with Crippen molar-refractivity contribution in [3.8, 4) is 0 Å². The number of aliphatic hydroxyl groups excluding tert-OH is 1. The number of fused-ring (bicyclic) bond motifs is 1. The van der Waals surface area contributed by atoms with E-state index in [-0.39, 0.29) is 18.7 Å². The molecule has 1 aromatic carbocycles. The highest BCUT2D eigenvalue weighted by atomic mass is 16.6. The zero-order valence-corrected chi connectivity index (χ0v) is 13.8. The molecule has 3 N–H and O–H groups in total. The molecule has 8 heteroatoms. The fraction of sp³-hybridized carbons (Fsp3) is 0.438. The van der Waals surface area contributed by atoms with Crippen molar-refractivity contribution in [2.45, 2.75) is 38.8 Å². The van der Waals surface area contributed by atoms with E-state index in [1.54, 1.807) is 39.1 Å². The van der Waals surface area contributed by atoms with Crippen LogP contribution in [0.1, 0.15) is 26.3 Å². The summed E-state index contributed by atoms with van der Waals surface area (Å²) in [6.07, 6.45) is 1.24. The molecule has 0 aliphatic carbocycles. The zero-order valence-electron chi connectivity index (χ0n) is 13.8. The second-order valence-corrected chi connectivity index (χ2v) is 6.50. The van der Waals surface area contributed by atoms with E-state index in [0.717, 1.165) is 0 Å². The Morgan fingerprint density at radius 2 is 2.17 bits per heavy atom. The Kier molecular flexibility index (Phi) is 5.08. The molecule has 1 heterocycles. The zero-order chi connectivity index (χ0) is 17.9. The van der Waals surface area contributed by atoms with E-state index in [0.29, 0.717) is 16.5 Å². The average Bonchev–Trinajstić information content (AvgIpc) is 2.87. The van der Waals surface area contributed by atoms with E-state index in [1.165, 1.54) is 6.07 Å². The monoisotopic (exact) mass is 335 g/mol. The fourth-order valence-electron chi connectivity index (χ4n) is 2.45. The van der Waals surface area contributed by atoms with Crippen LogP contribution < -0.4 is 5.32 Å². The molecule has 0 saturated carbocycles. The Hall–Kier alpha value is -2.61. The predicted molar refractivity (Wildman–Crippen MR) is 88.9 cm³/mol. The van der Waals surface area contributed by atoms with Gasteiger partial charge < -0.3 is 20.1 Å². The molecule has 24 heavy (non-hydrogen) atoms. The molecule has 2 aromatic rings. The van der Waals surface area contributed by atoms with Gasteiger partial charge in [0, 0.05) is 12.3 Å². The number of benzene rings is 1. The molecule has 1 atom stereocenters. The van der Waals surface area contributed by atoms with Crippen LogP contribution in [0.4, 0.5) is 10.5 Å². The minimum atomic E-state index is -0.649. The van der Waals surface area contributed by atoms with Gasteiger partial charge in [-0.15, -0.1) is 0 Å². The van der Waals surface area contributed by atoms with Crippen molar-refractivity contribution < 1.29 is 19.6 Å². The molecule has 0 aliphatic rings. The second kappa shape index (κ2) is 6.88. The summed E-state index contributed by atoms with van der Waals surface area (Å²) in [5, 5.41) is 23.8. The van der Waals surface area contributed by atoms with Gasteiger partial charge in [0.2, 0.25) is 0 Å². The molecule has 0 fully saturated rings. The number of nitrogens with zero attached hydrogens (tertiary/aromatic N) is 1. The van der Waals surface area contributed by atoms with E-state index < -0.39 is 22.7 Å². The Labute approximate surface area is 139 Å². The van der Waals surface area contributed by atoms with E-state index in [1.807, 2.05) is 0 Å². The molecule has 0 bridgehead atoms. The molecule has 0 unspecified atom stereocenters. The van der Waals surface area contributed by atoms with Crippen LogP contribution in [0.5, 0.6) is 0 Å². The summed E-state index contributed by atoms with van der Waals surface area (Å²) in [5.74, 6) is 0. The molecule has 130 valence electrons. The van der Waals surface area contributed by atoms with Gasteiger partial charge in [0.25, 0.3) is 5.69 Å². The number of ether oxygens (including phenoxy) is 1. The first-order valence-electron chi connectivity index (χ1n) is 7.55. The van der Waals surface area contributed by atoms with Crippen LogP contribution in [0.3, 0.4) is 0 Å². The highest BCUT2D eigenvalue weighted by Crippen LogP contribution is 2.29. The van der Waals surface area contributed by atoms with Crippen molar-refractivity contribution in [2.75, 3.05) is 6.61 Å². The van der Waals surface area contributed by atoms with E-state index in [9.17, 15) is 20.0 Å². The third-order valence-corrected chi connectivity index (χ3v) is 3.37. The first-order valence-corrected chi connectivity index (χ1v) is 7.55. The number of non-ortho nitro benzene ring substituents is 1. The molecule has 1 aromatic heterocycles. The number of rotatable bonds is 5. The van der Waals surface area contributed by atoms with E-state index in [4.69, 9.17) is 4.74 Å². The first-order chi connectivity index (χ1) is 11.2. The van der Waals surface area contributed by atoms with Crippen molar-refractivity contribution in [3.05, 3.63) is 40.1 Å². The summed E-state index contributed by atoms with van der Waals surface area (Å²) in [7, 11) is 0. The minimum Gasteiger partial charge on any atom is -0.444 e. The number of amides is 1. The SMILES string of the molecule is CC(C)(C)OC(=O)N[C@H](CO)Cc1c[nH]c2cccc([N+](=O)[O-])c12. The fourth-order valence-corrected chi connectivity index (χ4v) is 2.45. The third kappa shape index (κ3) is 4.23. The largest absolute Gasteiger partial charge is 0.444 e. The average molecular weight is 335 g/mol. The Balaban J connectivity index is 2.21. The molecular weight excluding hydrogens is 314 g/mol. The van der Waals surface area contributed by atoms with Gasteiger partial charge >= 0.3 is 6.09 Å². The smallest absolute Gasteiger partial charge is 0.407 e. The number of H-pyrrole nitrogens is 1. The van der Waals surface area contributed by atoms with Crippen molar-refractivity contribution in [2.24, 2.45) is 0 Å². The van der Waals surface area contributed by atoms with E-state index in [2.05, 4.69) is 10.3 Å². The third-order valence-electron chi connectivity index (χ3n) is 3.37. The number of aromatic amines is 1. The predicted octanol–water partition coefficient (Wildman–Crippen LogP) is 2.50. The summed E-state index contributed by atoms with van der Waals surface area (Å²) in [5.41, 5.74) is 0.613. The van der Waals surface area contributed by atoms with Gasteiger partial charge in [-0.3, -0.25) is 10.1 Å². The maximum atomic E-state index is 11.8. The lowest BCUT2D eigenvalue weighted by Gasteiger charge is -2.22. The highest BCUT2D eigenvalue weighted by molar-refractivity contribution is 5.91. The van der Waals surface area contributed by atoms with Crippen LogP contribution in [0.15, 0.2) is 24.4 Å². The van der Waals surface area contributed by atoms with Crippen molar-refractivity contribution >= 4 is 22.7 Å². The number of nitro benzene ring substituents is 1. The number of hydrogen-bond acceptors (Lipinski definition) is 5. The van der Waals surface area contributed by atoms with Crippen LogP contribution in [0.25, 0.3) is 10.9 Å². The number of nitro groups is 1. The topological polar surface area (TPSA) is 117 Å². The van der Waals surface area contributed by atoms with Gasteiger partial charge in [-0.2, -0.15) is 0 Å². The van der Waals surface area contributed by atoms with Gasteiger partial charge in [0.05, 0.1) is 28.5 Å². The van der Waals surface area contributed by atoms with Gasteiger partial charge in [-0.05, 0) is 38.8 Å². The Bertz CT molecular complexity index is 748. The van der Waals surface area contributed by atoms with Crippen LogP contribution in [-0.4, -0.2) is 39.4 Å². The molecule has 2 rings (SSSR count). The molecule has 0 spiro atoms. The van der Waals surface area contributed by atoms with Crippen LogP contribution in [0, 0.1) is 10.1 Å². The maximum Gasteiger partial charge on any atom is 0.407 e. The van der Waals surface area contributed by atoms with Crippen molar-refractivity contribution in [1.29, 1.82) is 0 Å². The lowest BCUT2D eigenvalue weighted by Crippen LogP contribution is -2.42. The molecule has 0 saturated heterocycles. The van der Waals surface area contributed by atoms with Crippen molar-refractivity contribution in [3.63, 3.8) is 0 Å². The number of carbonyl (C=O) groups excluding carboxylic acids is 1. The first kappa shape index (κ1) is 17.7. The Morgan fingerprint density at radius 1 is 1.46 bits per heavy atom. The second-order valence-electron chi connectivity index (χ2n) is 6.50. The molecule has 0 aliphatic heterocycles. The van der Waals surface area contributed by atoms with Gasteiger partial charge in [0.15, 0.2) is 0 Å². The van der Waals surface area contributed by atoms with Crippen LogP contribution in [-0.2, 0) is 11.2 Å². The molecule has 0 radical (unpaired) electrons. The Morgan fingerprint density at radius 3 is 2.75 bits per heavy atom. The van der Waals surface area contributed by atoms with E-state index >= 15 is 0 Å². The van der Waals surface area contributed by atoms with Gasteiger partial charge in [0.1, 0.15) is 5.60 Å².